The van der Waals surface area contributed by atoms with Crippen LogP contribution in [0.1, 0.15) is 25.8 Å². The second-order valence-electron chi connectivity index (χ2n) is 5.92. The third-order valence-electron chi connectivity index (χ3n) is 3.57. The SMILES string of the molecule is CC(C)CCNc1ccnc(NCc2ccc3c(c2)OCO3)n1. The van der Waals surface area contributed by atoms with Gasteiger partial charge in [0, 0.05) is 19.3 Å². The number of ether oxygens (including phenoxy) is 2. The summed E-state index contributed by atoms with van der Waals surface area (Å²) in [5.74, 6) is 3.70. The number of benzene rings is 1. The second-order valence-corrected chi connectivity index (χ2v) is 5.92. The van der Waals surface area contributed by atoms with Gasteiger partial charge in [0.2, 0.25) is 12.7 Å². The number of nitrogens with zero attached hydrogens (tertiary/aromatic N) is 2. The molecule has 0 spiro atoms. The van der Waals surface area contributed by atoms with Gasteiger partial charge in [-0.05, 0) is 36.1 Å². The molecule has 1 aromatic heterocycles. The molecule has 0 amide bonds. The number of rotatable bonds is 7. The average Bonchev–Trinajstić information content (AvgIpc) is 3.00. The van der Waals surface area contributed by atoms with Crippen molar-refractivity contribution in [2.75, 3.05) is 24.0 Å². The molecule has 0 saturated carbocycles. The van der Waals surface area contributed by atoms with E-state index in [4.69, 9.17) is 9.47 Å². The third kappa shape index (κ3) is 4.25. The van der Waals surface area contributed by atoms with E-state index in [0.29, 0.717) is 25.2 Å². The van der Waals surface area contributed by atoms with Crippen LogP contribution in [0.5, 0.6) is 11.5 Å². The van der Waals surface area contributed by atoms with Crippen LogP contribution in [-0.4, -0.2) is 23.3 Å². The van der Waals surface area contributed by atoms with E-state index < -0.39 is 0 Å². The molecule has 23 heavy (non-hydrogen) atoms. The molecule has 3 rings (SSSR count). The van der Waals surface area contributed by atoms with Gasteiger partial charge in [-0.3, -0.25) is 0 Å². The van der Waals surface area contributed by atoms with Crippen molar-refractivity contribution in [3.05, 3.63) is 36.0 Å². The molecule has 0 saturated heterocycles. The van der Waals surface area contributed by atoms with E-state index in [1.54, 1.807) is 6.20 Å². The third-order valence-corrected chi connectivity index (χ3v) is 3.57. The normalized spacial score (nSPS) is 12.5. The molecule has 1 aromatic carbocycles. The first-order valence-corrected chi connectivity index (χ1v) is 7.90. The molecular weight excluding hydrogens is 292 g/mol. The lowest BCUT2D eigenvalue weighted by Gasteiger charge is -2.09. The molecule has 2 N–H and O–H groups in total. The Bertz CT molecular complexity index is 661. The average molecular weight is 314 g/mol. The zero-order valence-electron chi connectivity index (χ0n) is 13.5. The van der Waals surface area contributed by atoms with E-state index in [9.17, 15) is 0 Å². The molecule has 0 radical (unpaired) electrons. The van der Waals surface area contributed by atoms with Gasteiger partial charge in [0.15, 0.2) is 11.5 Å². The largest absolute Gasteiger partial charge is 0.454 e. The van der Waals surface area contributed by atoms with Crippen LogP contribution in [0.3, 0.4) is 0 Å². The summed E-state index contributed by atoms with van der Waals surface area (Å²) in [5.41, 5.74) is 1.09. The highest BCUT2D eigenvalue weighted by Crippen LogP contribution is 2.32. The van der Waals surface area contributed by atoms with Crippen molar-refractivity contribution < 1.29 is 9.47 Å². The number of hydrogen-bond acceptors (Lipinski definition) is 6. The van der Waals surface area contributed by atoms with Crippen molar-refractivity contribution in [1.29, 1.82) is 0 Å². The molecule has 0 atom stereocenters. The topological polar surface area (TPSA) is 68.3 Å². The smallest absolute Gasteiger partial charge is 0.231 e. The van der Waals surface area contributed by atoms with Gasteiger partial charge >= 0.3 is 0 Å². The Morgan fingerprint density at radius 3 is 2.87 bits per heavy atom. The van der Waals surface area contributed by atoms with E-state index in [2.05, 4.69) is 34.4 Å². The minimum absolute atomic E-state index is 0.291. The van der Waals surface area contributed by atoms with E-state index in [1.165, 1.54) is 0 Å². The minimum atomic E-state index is 0.291. The maximum absolute atomic E-state index is 5.38. The summed E-state index contributed by atoms with van der Waals surface area (Å²) >= 11 is 0. The summed E-state index contributed by atoms with van der Waals surface area (Å²) in [6, 6.07) is 7.78. The fraction of sp³-hybridized carbons (Fsp3) is 0.412. The van der Waals surface area contributed by atoms with Gasteiger partial charge in [0.1, 0.15) is 5.82 Å². The van der Waals surface area contributed by atoms with Crippen LogP contribution in [-0.2, 0) is 6.54 Å². The minimum Gasteiger partial charge on any atom is -0.454 e. The number of fused-ring (bicyclic) bond motifs is 1. The van der Waals surface area contributed by atoms with Crippen LogP contribution in [0.4, 0.5) is 11.8 Å². The summed E-state index contributed by atoms with van der Waals surface area (Å²) in [7, 11) is 0. The Labute approximate surface area is 136 Å². The van der Waals surface area contributed by atoms with Gasteiger partial charge in [0.25, 0.3) is 0 Å². The van der Waals surface area contributed by atoms with E-state index >= 15 is 0 Å². The lowest BCUT2D eigenvalue weighted by Crippen LogP contribution is -2.09. The van der Waals surface area contributed by atoms with Crippen molar-refractivity contribution in [3.8, 4) is 11.5 Å². The Balaban J connectivity index is 1.55. The maximum atomic E-state index is 5.38. The molecule has 1 aliphatic rings. The highest BCUT2D eigenvalue weighted by molar-refractivity contribution is 5.46. The van der Waals surface area contributed by atoms with E-state index in [1.807, 2.05) is 24.3 Å². The van der Waals surface area contributed by atoms with Gasteiger partial charge in [-0.2, -0.15) is 4.98 Å². The van der Waals surface area contributed by atoms with Gasteiger partial charge < -0.3 is 20.1 Å². The van der Waals surface area contributed by atoms with Crippen LogP contribution >= 0.6 is 0 Å². The van der Waals surface area contributed by atoms with Crippen molar-refractivity contribution in [2.24, 2.45) is 5.92 Å². The Hall–Kier alpha value is -2.50. The predicted octanol–water partition coefficient (Wildman–Crippen LogP) is 3.28. The predicted molar refractivity (Wildman–Crippen MR) is 89.9 cm³/mol. The van der Waals surface area contributed by atoms with Crippen LogP contribution in [0.25, 0.3) is 0 Å². The quantitative estimate of drug-likeness (QED) is 0.817. The Morgan fingerprint density at radius 2 is 2.00 bits per heavy atom. The Kier molecular flexibility index (Phi) is 4.80. The first kappa shape index (κ1) is 15.4. The molecule has 0 unspecified atom stereocenters. The summed E-state index contributed by atoms with van der Waals surface area (Å²) < 4.78 is 10.7. The lowest BCUT2D eigenvalue weighted by atomic mass is 10.1. The van der Waals surface area contributed by atoms with Crippen LogP contribution in [0.2, 0.25) is 0 Å². The molecule has 2 heterocycles. The zero-order chi connectivity index (χ0) is 16.1. The van der Waals surface area contributed by atoms with Gasteiger partial charge in [-0.15, -0.1) is 0 Å². The molecule has 0 bridgehead atoms. The summed E-state index contributed by atoms with van der Waals surface area (Å²) in [5, 5.41) is 6.55. The lowest BCUT2D eigenvalue weighted by molar-refractivity contribution is 0.174. The molecule has 2 aromatic rings. The summed E-state index contributed by atoms with van der Waals surface area (Å²) in [4.78, 5) is 8.72. The van der Waals surface area contributed by atoms with Gasteiger partial charge in [-0.1, -0.05) is 19.9 Å². The molecule has 0 aliphatic carbocycles. The Morgan fingerprint density at radius 1 is 1.13 bits per heavy atom. The molecule has 0 fully saturated rings. The number of hydrogen-bond donors (Lipinski definition) is 2. The highest BCUT2D eigenvalue weighted by Gasteiger charge is 2.13. The zero-order valence-corrected chi connectivity index (χ0v) is 13.5. The van der Waals surface area contributed by atoms with E-state index in [0.717, 1.165) is 35.8 Å². The van der Waals surface area contributed by atoms with Crippen molar-refractivity contribution >= 4 is 11.8 Å². The number of aromatic nitrogens is 2. The first-order chi connectivity index (χ1) is 11.2. The van der Waals surface area contributed by atoms with Crippen LogP contribution < -0.4 is 20.1 Å². The number of anilines is 2. The maximum Gasteiger partial charge on any atom is 0.231 e. The fourth-order valence-electron chi connectivity index (χ4n) is 2.26. The van der Waals surface area contributed by atoms with Crippen molar-refractivity contribution in [2.45, 2.75) is 26.8 Å². The van der Waals surface area contributed by atoms with Crippen LogP contribution in [0, 0.1) is 5.92 Å². The molecule has 6 nitrogen and oxygen atoms in total. The molecule has 6 heteroatoms. The van der Waals surface area contributed by atoms with E-state index in [-0.39, 0.29) is 0 Å². The van der Waals surface area contributed by atoms with Gasteiger partial charge in [0.05, 0.1) is 0 Å². The molecule has 122 valence electrons. The summed E-state index contributed by atoms with van der Waals surface area (Å²) in [6.07, 6.45) is 2.87. The van der Waals surface area contributed by atoms with Gasteiger partial charge in [-0.25, -0.2) is 4.98 Å². The first-order valence-electron chi connectivity index (χ1n) is 7.90. The van der Waals surface area contributed by atoms with Crippen LogP contribution in [0.15, 0.2) is 30.5 Å². The van der Waals surface area contributed by atoms with Crippen molar-refractivity contribution in [3.63, 3.8) is 0 Å². The molecule has 1 aliphatic heterocycles. The second kappa shape index (κ2) is 7.17. The fourth-order valence-corrected chi connectivity index (χ4v) is 2.26. The highest BCUT2D eigenvalue weighted by atomic mass is 16.7. The standard InChI is InChI=1S/C17H22N4O2/c1-12(2)5-7-18-16-6-8-19-17(21-16)20-10-13-3-4-14-15(9-13)23-11-22-14/h3-4,6,8-9,12H,5,7,10-11H2,1-2H3,(H2,18,19,20,21). The monoisotopic (exact) mass is 314 g/mol. The molecular formula is C17H22N4O2. The van der Waals surface area contributed by atoms with Crippen molar-refractivity contribution in [1.82, 2.24) is 9.97 Å². The number of nitrogens with one attached hydrogen (secondary N) is 2. The summed E-state index contributed by atoms with van der Waals surface area (Å²) in [6.45, 7) is 6.25.